The topological polar surface area (TPSA) is 59.2 Å². The lowest BCUT2D eigenvalue weighted by atomic mass is 10.1. The van der Waals surface area contributed by atoms with E-state index < -0.39 is 0 Å². The van der Waals surface area contributed by atoms with E-state index in [2.05, 4.69) is 16.2 Å². The monoisotopic (exact) mass is 351 g/mol. The number of aromatic nitrogens is 2. The standard InChI is InChI=1S/C20H18FN3O2/c1-12-3-8-17(13(2)9-12)20-22-19(23-26-20)14-10-18(25)24(11-14)16-6-4-15(21)5-7-16/h3-9,14H,10-11H2,1-2H3/t14-/m0/s1. The maximum Gasteiger partial charge on any atom is 0.258 e. The molecule has 1 fully saturated rings. The summed E-state index contributed by atoms with van der Waals surface area (Å²) < 4.78 is 18.5. The highest BCUT2D eigenvalue weighted by molar-refractivity contribution is 5.96. The lowest BCUT2D eigenvalue weighted by Gasteiger charge is -2.15. The number of rotatable bonds is 3. The summed E-state index contributed by atoms with van der Waals surface area (Å²) in [4.78, 5) is 18.5. The molecule has 0 bridgehead atoms. The molecule has 1 aromatic heterocycles. The van der Waals surface area contributed by atoms with Crippen LogP contribution in [0.5, 0.6) is 0 Å². The van der Waals surface area contributed by atoms with Gasteiger partial charge in [-0.3, -0.25) is 4.79 Å². The first-order valence-electron chi connectivity index (χ1n) is 8.48. The fraction of sp³-hybridized carbons (Fsp3) is 0.250. The molecule has 5 nitrogen and oxygen atoms in total. The predicted octanol–water partition coefficient (Wildman–Crippen LogP) is 4.01. The number of carbonyl (C=O) groups is 1. The van der Waals surface area contributed by atoms with Crippen molar-refractivity contribution in [1.29, 1.82) is 0 Å². The van der Waals surface area contributed by atoms with Crippen molar-refractivity contribution >= 4 is 11.6 Å². The van der Waals surface area contributed by atoms with Crippen LogP contribution in [-0.4, -0.2) is 22.6 Å². The molecule has 2 heterocycles. The number of benzene rings is 2. The van der Waals surface area contributed by atoms with E-state index in [9.17, 15) is 9.18 Å². The smallest absolute Gasteiger partial charge is 0.258 e. The largest absolute Gasteiger partial charge is 0.334 e. The molecule has 4 rings (SSSR count). The molecular formula is C20H18FN3O2. The van der Waals surface area contributed by atoms with Crippen molar-refractivity contribution in [2.45, 2.75) is 26.2 Å². The number of aryl methyl sites for hydroxylation is 2. The molecule has 132 valence electrons. The van der Waals surface area contributed by atoms with Crippen molar-refractivity contribution in [2.24, 2.45) is 0 Å². The van der Waals surface area contributed by atoms with Crippen LogP contribution in [0, 0.1) is 19.7 Å². The van der Waals surface area contributed by atoms with Gasteiger partial charge >= 0.3 is 0 Å². The Balaban J connectivity index is 1.57. The Hall–Kier alpha value is -3.02. The lowest BCUT2D eigenvalue weighted by molar-refractivity contribution is -0.117. The maximum absolute atomic E-state index is 13.1. The van der Waals surface area contributed by atoms with E-state index in [1.807, 2.05) is 26.0 Å². The summed E-state index contributed by atoms with van der Waals surface area (Å²) in [6.45, 7) is 4.49. The summed E-state index contributed by atoms with van der Waals surface area (Å²) in [5, 5.41) is 4.09. The maximum atomic E-state index is 13.1. The molecule has 1 saturated heterocycles. The zero-order chi connectivity index (χ0) is 18.3. The van der Waals surface area contributed by atoms with Crippen molar-refractivity contribution < 1.29 is 13.7 Å². The van der Waals surface area contributed by atoms with Gasteiger partial charge in [-0.1, -0.05) is 22.9 Å². The Labute approximate surface area is 150 Å². The second-order valence-electron chi connectivity index (χ2n) is 6.66. The highest BCUT2D eigenvalue weighted by Gasteiger charge is 2.34. The van der Waals surface area contributed by atoms with E-state index in [-0.39, 0.29) is 17.6 Å². The molecule has 1 atom stereocenters. The van der Waals surface area contributed by atoms with Gasteiger partial charge < -0.3 is 9.42 Å². The Kier molecular flexibility index (Phi) is 4.03. The van der Waals surface area contributed by atoms with Gasteiger partial charge in [0, 0.05) is 30.1 Å². The third kappa shape index (κ3) is 2.98. The molecule has 0 aliphatic carbocycles. The third-order valence-corrected chi connectivity index (χ3v) is 4.68. The van der Waals surface area contributed by atoms with Crippen LogP contribution in [0.15, 0.2) is 47.0 Å². The average molecular weight is 351 g/mol. The number of halogens is 1. The Bertz CT molecular complexity index is 965. The number of carbonyl (C=O) groups excluding carboxylic acids is 1. The first kappa shape index (κ1) is 16.4. The van der Waals surface area contributed by atoms with Gasteiger partial charge in [-0.15, -0.1) is 0 Å². The first-order chi connectivity index (χ1) is 12.5. The molecule has 1 aliphatic rings. The normalized spacial score (nSPS) is 17.1. The third-order valence-electron chi connectivity index (χ3n) is 4.68. The molecule has 3 aromatic rings. The van der Waals surface area contributed by atoms with E-state index in [0.29, 0.717) is 30.4 Å². The van der Waals surface area contributed by atoms with Crippen LogP contribution in [0.3, 0.4) is 0 Å². The van der Waals surface area contributed by atoms with Gasteiger partial charge in [-0.2, -0.15) is 4.98 Å². The summed E-state index contributed by atoms with van der Waals surface area (Å²) in [6, 6.07) is 11.9. The fourth-order valence-corrected chi connectivity index (χ4v) is 3.31. The molecule has 26 heavy (non-hydrogen) atoms. The summed E-state index contributed by atoms with van der Waals surface area (Å²) >= 11 is 0. The van der Waals surface area contributed by atoms with Gasteiger partial charge in [0.2, 0.25) is 5.91 Å². The van der Waals surface area contributed by atoms with Crippen LogP contribution >= 0.6 is 0 Å². The van der Waals surface area contributed by atoms with Gasteiger partial charge in [0.15, 0.2) is 5.82 Å². The summed E-state index contributed by atoms with van der Waals surface area (Å²) in [5.74, 6) is 0.492. The Morgan fingerprint density at radius 3 is 2.65 bits per heavy atom. The van der Waals surface area contributed by atoms with E-state index in [0.717, 1.165) is 11.1 Å². The minimum atomic E-state index is -0.326. The summed E-state index contributed by atoms with van der Waals surface area (Å²) in [6.07, 6.45) is 0.309. The SMILES string of the molecule is Cc1ccc(-c2nc([C@H]3CC(=O)N(c4ccc(F)cc4)C3)no2)c(C)c1. The van der Waals surface area contributed by atoms with Crippen LogP contribution in [0.1, 0.15) is 29.3 Å². The first-order valence-corrected chi connectivity index (χ1v) is 8.48. The van der Waals surface area contributed by atoms with E-state index in [1.165, 1.54) is 17.7 Å². The highest BCUT2D eigenvalue weighted by atomic mass is 19.1. The van der Waals surface area contributed by atoms with Gasteiger partial charge in [-0.05, 0) is 49.7 Å². The minimum absolute atomic E-state index is 0.0283. The van der Waals surface area contributed by atoms with Crippen LogP contribution in [0.2, 0.25) is 0 Å². The number of hydrogen-bond donors (Lipinski definition) is 0. The van der Waals surface area contributed by atoms with Gasteiger partial charge in [0.25, 0.3) is 5.89 Å². The predicted molar refractivity (Wildman–Crippen MR) is 95.3 cm³/mol. The number of amides is 1. The molecule has 1 aliphatic heterocycles. The van der Waals surface area contributed by atoms with Crippen LogP contribution in [0.25, 0.3) is 11.5 Å². The van der Waals surface area contributed by atoms with E-state index >= 15 is 0 Å². The zero-order valence-corrected chi connectivity index (χ0v) is 14.6. The molecule has 0 radical (unpaired) electrons. The highest BCUT2D eigenvalue weighted by Crippen LogP contribution is 2.32. The average Bonchev–Trinajstić information content (AvgIpc) is 3.23. The van der Waals surface area contributed by atoms with Crippen LogP contribution in [0.4, 0.5) is 10.1 Å². The summed E-state index contributed by atoms with van der Waals surface area (Å²) in [5.41, 5.74) is 3.81. The molecule has 1 amide bonds. The van der Waals surface area contributed by atoms with Gasteiger partial charge in [0.05, 0.1) is 0 Å². The minimum Gasteiger partial charge on any atom is -0.334 e. The number of hydrogen-bond acceptors (Lipinski definition) is 4. The van der Waals surface area contributed by atoms with Gasteiger partial charge in [-0.25, -0.2) is 4.39 Å². The summed E-state index contributed by atoms with van der Waals surface area (Å²) in [7, 11) is 0. The molecule has 0 N–H and O–H groups in total. The van der Waals surface area contributed by atoms with Crippen LogP contribution < -0.4 is 4.90 Å². The number of anilines is 1. The van der Waals surface area contributed by atoms with Crippen molar-refractivity contribution in [2.75, 3.05) is 11.4 Å². The van der Waals surface area contributed by atoms with Crippen molar-refractivity contribution in [1.82, 2.24) is 10.1 Å². The Morgan fingerprint density at radius 2 is 1.92 bits per heavy atom. The van der Waals surface area contributed by atoms with Crippen LogP contribution in [-0.2, 0) is 4.79 Å². The lowest BCUT2D eigenvalue weighted by Crippen LogP contribution is -2.24. The molecule has 0 saturated carbocycles. The molecule has 2 aromatic carbocycles. The van der Waals surface area contributed by atoms with E-state index in [1.54, 1.807) is 17.0 Å². The second kappa shape index (κ2) is 6.37. The van der Waals surface area contributed by atoms with E-state index in [4.69, 9.17) is 4.52 Å². The zero-order valence-electron chi connectivity index (χ0n) is 14.6. The second-order valence-corrected chi connectivity index (χ2v) is 6.66. The van der Waals surface area contributed by atoms with Crippen molar-refractivity contribution in [3.05, 3.63) is 65.2 Å². The molecule has 0 unspecified atom stereocenters. The van der Waals surface area contributed by atoms with Crippen molar-refractivity contribution in [3.8, 4) is 11.5 Å². The number of nitrogens with zero attached hydrogens (tertiary/aromatic N) is 3. The van der Waals surface area contributed by atoms with Gasteiger partial charge in [0.1, 0.15) is 5.82 Å². The van der Waals surface area contributed by atoms with Crippen molar-refractivity contribution in [3.63, 3.8) is 0 Å². The fourth-order valence-electron chi connectivity index (χ4n) is 3.31. The molecular weight excluding hydrogens is 333 g/mol. The quantitative estimate of drug-likeness (QED) is 0.715. The molecule has 6 heteroatoms. The molecule has 0 spiro atoms. The Morgan fingerprint density at radius 1 is 1.15 bits per heavy atom.